The third-order valence-electron chi connectivity index (χ3n) is 4.66. The van der Waals surface area contributed by atoms with E-state index in [1.807, 2.05) is 12.1 Å². The fourth-order valence-electron chi connectivity index (χ4n) is 3.28. The zero-order valence-electron chi connectivity index (χ0n) is 13.7. The van der Waals surface area contributed by atoms with Crippen LogP contribution in [0.25, 0.3) is 0 Å². The van der Waals surface area contributed by atoms with E-state index >= 15 is 0 Å². The lowest BCUT2D eigenvalue weighted by atomic mass is 10.0. The van der Waals surface area contributed by atoms with Crippen LogP contribution in [-0.2, 0) is 16.1 Å². The van der Waals surface area contributed by atoms with E-state index in [0.717, 1.165) is 58.0 Å². The minimum Gasteiger partial charge on any atom is -0.379 e. The second-order valence-electron chi connectivity index (χ2n) is 6.53. The minimum atomic E-state index is 0.125. The molecule has 1 atom stereocenters. The van der Waals surface area contributed by atoms with Crippen LogP contribution in [-0.4, -0.2) is 50.2 Å². The van der Waals surface area contributed by atoms with Crippen molar-refractivity contribution < 1.29 is 9.53 Å². The zero-order chi connectivity index (χ0) is 15.9. The van der Waals surface area contributed by atoms with Crippen LogP contribution in [0, 0.1) is 5.92 Å². The maximum Gasteiger partial charge on any atom is 0.224 e. The van der Waals surface area contributed by atoms with Crippen LogP contribution in [0.15, 0.2) is 24.3 Å². The Morgan fingerprint density at radius 1 is 1.35 bits per heavy atom. The number of rotatable bonds is 6. The molecule has 0 radical (unpaired) electrons. The average Bonchev–Trinajstić information content (AvgIpc) is 3.08. The van der Waals surface area contributed by atoms with E-state index in [-0.39, 0.29) is 5.91 Å². The lowest BCUT2D eigenvalue weighted by Gasteiger charge is -2.26. The van der Waals surface area contributed by atoms with Gasteiger partial charge < -0.3 is 15.4 Å². The Bertz CT molecular complexity index is 509. The van der Waals surface area contributed by atoms with Gasteiger partial charge in [-0.15, -0.1) is 0 Å². The summed E-state index contributed by atoms with van der Waals surface area (Å²) in [6.07, 6.45) is 2.79. The van der Waals surface area contributed by atoms with Crippen LogP contribution in [0.4, 0.5) is 5.69 Å². The molecule has 0 aromatic heterocycles. The monoisotopic (exact) mass is 317 g/mol. The number of hydrogen-bond acceptors (Lipinski definition) is 4. The maximum absolute atomic E-state index is 12.1. The van der Waals surface area contributed by atoms with Gasteiger partial charge in [-0.2, -0.15) is 0 Å². The van der Waals surface area contributed by atoms with E-state index < -0.39 is 0 Å². The summed E-state index contributed by atoms with van der Waals surface area (Å²) in [5.74, 6) is 0.786. The zero-order valence-corrected chi connectivity index (χ0v) is 13.7. The quantitative estimate of drug-likeness (QED) is 0.841. The highest BCUT2D eigenvalue weighted by Crippen LogP contribution is 2.17. The minimum absolute atomic E-state index is 0.125. The van der Waals surface area contributed by atoms with E-state index in [9.17, 15) is 4.79 Å². The van der Waals surface area contributed by atoms with Gasteiger partial charge in [-0.25, -0.2) is 0 Å². The highest BCUT2D eigenvalue weighted by Gasteiger charge is 2.16. The van der Waals surface area contributed by atoms with E-state index in [4.69, 9.17) is 4.74 Å². The van der Waals surface area contributed by atoms with Crippen molar-refractivity contribution in [2.24, 2.45) is 5.92 Å². The topological polar surface area (TPSA) is 53.6 Å². The van der Waals surface area contributed by atoms with Gasteiger partial charge in [-0.3, -0.25) is 9.69 Å². The molecule has 2 aliphatic heterocycles. The predicted octanol–water partition coefficient (Wildman–Crippen LogP) is 1.85. The first-order valence-electron chi connectivity index (χ1n) is 8.69. The number of carbonyl (C=O) groups excluding carboxylic acids is 1. The summed E-state index contributed by atoms with van der Waals surface area (Å²) in [7, 11) is 0. The Morgan fingerprint density at radius 2 is 2.22 bits per heavy atom. The number of nitrogens with one attached hydrogen (secondary N) is 2. The second kappa shape index (κ2) is 8.43. The normalized spacial score (nSPS) is 22.2. The van der Waals surface area contributed by atoms with Gasteiger partial charge in [-0.05, 0) is 49.5 Å². The van der Waals surface area contributed by atoms with Crippen molar-refractivity contribution in [3.05, 3.63) is 29.8 Å². The molecule has 2 saturated heterocycles. The smallest absolute Gasteiger partial charge is 0.224 e. The second-order valence-corrected chi connectivity index (χ2v) is 6.53. The molecular weight excluding hydrogens is 290 g/mol. The standard InChI is InChI=1S/C18H27N3O2/c22-18(5-4-15-6-7-19-13-15)20-17-3-1-2-16(12-17)14-21-8-10-23-11-9-21/h1-3,12,15,19H,4-11,13-14H2,(H,20,22). The van der Waals surface area contributed by atoms with Gasteiger partial charge in [-0.1, -0.05) is 12.1 Å². The number of benzene rings is 1. The summed E-state index contributed by atoms with van der Waals surface area (Å²) in [6.45, 7) is 6.65. The molecule has 23 heavy (non-hydrogen) atoms. The van der Waals surface area contributed by atoms with Crippen LogP contribution in [0.2, 0.25) is 0 Å². The average molecular weight is 317 g/mol. The highest BCUT2D eigenvalue weighted by molar-refractivity contribution is 5.90. The van der Waals surface area contributed by atoms with Gasteiger partial charge in [0, 0.05) is 31.7 Å². The van der Waals surface area contributed by atoms with Crippen molar-refractivity contribution in [2.75, 3.05) is 44.7 Å². The Kier molecular flexibility index (Phi) is 6.02. The number of amides is 1. The summed E-state index contributed by atoms with van der Waals surface area (Å²) >= 11 is 0. The fraction of sp³-hybridized carbons (Fsp3) is 0.611. The molecule has 3 rings (SSSR count). The Balaban J connectivity index is 1.47. The van der Waals surface area contributed by atoms with Crippen molar-refractivity contribution in [1.82, 2.24) is 10.2 Å². The number of hydrogen-bond donors (Lipinski definition) is 2. The van der Waals surface area contributed by atoms with Crippen LogP contribution in [0.1, 0.15) is 24.8 Å². The van der Waals surface area contributed by atoms with Crippen molar-refractivity contribution in [1.29, 1.82) is 0 Å². The van der Waals surface area contributed by atoms with Crippen LogP contribution in [0.5, 0.6) is 0 Å². The van der Waals surface area contributed by atoms with Crippen molar-refractivity contribution in [3.63, 3.8) is 0 Å². The summed E-state index contributed by atoms with van der Waals surface area (Å²) in [5, 5.41) is 6.39. The van der Waals surface area contributed by atoms with Gasteiger partial charge in [0.25, 0.3) is 0 Å². The lowest BCUT2D eigenvalue weighted by molar-refractivity contribution is -0.116. The summed E-state index contributed by atoms with van der Waals surface area (Å²) in [6, 6.07) is 8.20. The number of anilines is 1. The fourth-order valence-corrected chi connectivity index (χ4v) is 3.28. The molecule has 0 saturated carbocycles. The highest BCUT2D eigenvalue weighted by atomic mass is 16.5. The third kappa shape index (κ3) is 5.30. The number of nitrogens with zero attached hydrogens (tertiary/aromatic N) is 1. The molecule has 2 N–H and O–H groups in total. The largest absolute Gasteiger partial charge is 0.379 e. The molecular formula is C18H27N3O2. The molecule has 2 heterocycles. The third-order valence-corrected chi connectivity index (χ3v) is 4.66. The van der Waals surface area contributed by atoms with Gasteiger partial charge in [0.05, 0.1) is 13.2 Å². The van der Waals surface area contributed by atoms with E-state index in [1.54, 1.807) is 0 Å². The van der Waals surface area contributed by atoms with Gasteiger partial charge in [0.15, 0.2) is 0 Å². The van der Waals surface area contributed by atoms with E-state index in [0.29, 0.717) is 12.3 Å². The molecule has 5 heteroatoms. The maximum atomic E-state index is 12.1. The van der Waals surface area contributed by atoms with Crippen molar-refractivity contribution in [3.8, 4) is 0 Å². The molecule has 126 valence electrons. The van der Waals surface area contributed by atoms with Gasteiger partial charge in [0.1, 0.15) is 0 Å². The van der Waals surface area contributed by atoms with Crippen LogP contribution < -0.4 is 10.6 Å². The Hall–Kier alpha value is -1.43. The molecule has 1 aromatic rings. The molecule has 2 aliphatic rings. The molecule has 5 nitrogen and oxygen atoms in total. The van der Waals surface area contributed by atoms with E-state index in [1.165, 1.54) is 12.0 Å². The summed E-state index contributed by atoms with van der Waals surface area (Å²) in [4.78, 5) is 14.5. The first-order chi connectivity index (χ1) is 11.3. The SMILES string of the molecule is O=C(CCC1CCNC1)Nc1cccc(CN2CCOCC2)c1. The van der Waals surface area contributed by atoms with Gasteiger partial charge >= 0.3 is 0 Å². The molecule has 0 bridgehead atoms. The van der Waals surface area contributed by atoms with Gasteiger partial charge in [0.2, 0.25) is 5.91 Å². The number of ether oxygens (including phenoxy) is 1. The first-order valence-corrected chi connectivity index (χ1v) is 8.69. The molecule has 2 fully saturated rings. The molecule has 1 unspecified atom stereocenters. The number of carbonyl (C=O) groups is 1. The van der Waals surface area contributed by atoms with E-state index in [2.05, 4.69) is 27.7 Å². The summed E-state index contributed by atoms with van der Waals surface area (Å²) in [5.41, 5.74) is 2.15. The lowest BCUT2D eigenvalue weighted by Crippen LogP contribution is -2.35. The molecule has 0 aliphatic carbocycles. The molecule has 0 spiro atoms. The van der Waals surface area contributed by atoms with Crippen LogP contribution in [0.3, 0.4) is 0 Å². The Labute approximate surface area is 138 Å². The molecule has 1 amide bonds. The molecule has 1 aromatic carbocycles. The van der Waals surface area contributed by atoms with Crippen molar-refractivity contribution >= 4 is 11.6 Å². The van der Waals surface area contributed by atoms with Crippen molar-refractivity contribution in [2.45, 2.75) is 25.8 Å². The van der Waals surface area contributed by atoms with Crippen LogP contribution >= 0.6 is 0 Å². The summed E-state index contributed by atoms with van der Waals surface area (Å²) < 4.78 is 5.38. The number of morpholine rings is 1. The predicted molar refractivity (Wildman–Crippen MR) is 91.4 cm³/mol. The Morgan fingerprint density at radius 3 is 3.00 bits per heavy atom. The first kappa shape index (κ1) is 16.4.